The van der Waals surface area contributed by atoms with Crippen LogP contribution in [0.3, 0.4) is 0 Å². The lowest BCUT2D eigenvalue weighted by molar-refractivity contribution is 0.179. The van der Waals surface area contributed by atoms with Crippen LogP contribution in [0.1, 0.15) is 35.3 Å². The fourth-order valence-corrected chi connectivity index (χ4v) is 2.62. The molecule has 3 heteroatoms. The van der Waals surface area contributed by atoms with Crippen LogP contribution in [0.15, 0.2) is 36.4 Å². The number of ether oxygens (including phenoxy) is 1. The van der Waals surface area contributed by atoms with Gasteiger partial charge in [-0.1, -0.05) is 29.8 Å². The number of hydrogen-bond donors (Lipinski definition) is 1. The van der Waals surface area contributed by atoms with Crippen LogP contribution in [0.4, 0.5) is 0 Å². The van der Waals surface area contributed by atoms with Gasteiger partial charge in [-0.2, -0.15) is 0 Å². The number of aryl methyl sites for hydroxylation is 2. The lowest BCUT2D eigenvalue weighted by Gasteiger charge is -2.25. The molecule has 0 saturated carbocycles. The van der Waals surface area contributed by atoms with Crippen molar-refractivity contribution in [2.45, 2.75) is 39.8 Å². The van der Waals surface area contributed by atoms with Gasteiger partial charge in [0.05, 0.1) is 0 Å². The van der Waals surface area contributed by atoms with E-state index in [-0.39, 0.29) is 12.1 Å². The molecule has 0 heterocycles. The average Bonchev–Trinajstić information content (AvgIpc) is 2.40. The van der Waals surface area contributed by atoms with Crippen LogP contribution in [0.2, 0.25) is 5.02 Å². The minimum Gasteiger partial charge on any atom is -0.484 e. The second kappa shape index (κ2) is 6.50. The Kier molecular flexibility index (Phi) is 4.92. The lowest BCUT2D eigenvalue weighted by atomic mass is 10.0. The first-order valence-electron chi connectivity index (χ1n) is 7.14. The van der Waals surface area contributed by atoms with Crippen LogP contribution in [0.25, 0.3) is 0 Å². The Morgan fingerprint density at radius 3 is 2.43 bits per heavy atom. The van der Waals surface area contributed by atoms with Crippen LogP contribution in [0.5, 0.6) is 5.75 Å². The Bertz CT molecular complexity index is 637. The minimum atomic E-state index is -0.219. The first-order chi connectivity index (χ1) is 9.88. The molecular formula is C18H22ClNO. The van der Waals surface area contributed by atoms with Gasteiger partial charge in [-0.05, 0) is 68.1 Å². The standard InChI is InChI=1S/C18H22ClNO/c1-11-8-12(2)13(3)17(9-11)21-18(14(4)20)15-6-5-7-16(19)10-15/h5-10,14,18H,20H2,1-4H3. The van der Waals surface area contributed by atoms with Crippen molar-refractivity contribution in [3.8, 4) is 5.75 Å². The Hall–Kier alpha value is -1.51. The highest BCUT2D eigenvalue weighted by Crippen LogP contribution is 2.30. The molecule has 0 amide bonds. The van der Waals surface area contributed by atoms with Gasteiger partial charge in [0.25, 0.3) is 0 Å². The highest BCUT2D eigenvalue weighted by atomic mass is 35.5. The average molecular weight is 304 g/mol. The Balaban J connectivity index is 2.38. The summed E-state index contributed by atoms with van der Waals surface area (Å²) in [6, 6.07) is 11.8. The molecular weight excluding hydrogens is 282 g/mol. The zero-order valence-corrected chi connectivity index (χ0v) is 13.7. The minimum absolute atomic E-state index is 0.135. The zero-order valence-electron chi connectivity index (χ0n) is 13.0. The molecule has 0 fully saturated rings. The van der Waals surface area contributed by atoms with E-state index in [4.69, 9.17) is 22.1 Å². The van der Waals surface area contributed by atoms with Crippen LogP contribution < -0.4 is 10.5 Å². The summed E-state index contributed by atoms with van der Waals surface area (Å²) in [5, 5.41) is 0.693. The molecule has 2 aromatic carbocycles. The van der Waals surface area contributed by atoms with Crippen molar-refractivity contribution >= 4 is 11.6 Å². The normalized spacial score (nSPS) is 13.8. The molecule has 2 aromatic rings. The van der Waals surface area contributed by atoms with Gasteiger partial charge in [0.2, 0.25) is 0 Å². The highest BCUT2D eigenvalue weighted by molar-refractivity contribution is 6.30. The van der Waals surface area contributed by atoms with Gasteiger partial charge >= 0.3 is 0 Å². The van der Waals surface area contributed by atoms with Gasteiger partial charge in [-0.25, -0.2) is 0 Å². The first-order valence-corrected chi connectivity index (χ1v) is 7.52. The summed E-state index contributed by atoms with van der Waals surface area (Å²) in [6.07, 6.45) is -0.219. The number of nitrogens with two attached hydrogens (primary N) is 1. The Morgan fingerprint density at radius 2 is 1.81 bits per heavy atom. The van der Waals surface area contributed by atoms with Crippen LogP contribution in [-0.2, 0) is 0 Å². The van der Waals surface area contributed by atoms with E-state index in [1.807, 2.05) is 31.2 Å². The summed E-state index contributed by atoms with van der Waals surface area (Å²) in [5.41, 5.74) is 10.7. The third-order valence-corrected chi connectivity index (χ3v) is 3.91. The molecule has 0 aliphatic rings. The van der Waals surface area contributed by atoms with Crippen molar-refractivity contribution in [2.75, 3.05) is 0 Å². The van der Waals surface area contributed by atoms with Crippen molar-refractivity contribution in [3.05, 3.63) is 63.7 Å². The molecule has 0 aliphatic carbocycles. The van der Waals surface area contributed by atoms with Gasteiger partial charge in [-0.3, -0.25) is 0 Å². The maximum atomic E-state index is 6.23. The maximum absolute atomic E-state index is 6.23. The number of rotatable bonds is 4. The van der Waals surface area contributed by atoms with E-state index < -0.39 is 0 Å². The summed E-state index contributed by atoms with van der Waals surface area (Å²) in [7, 11) is 0. The first kappa shape index (κ1) is 15.9. The van der Waals surface area contributed by atoms with Crippen molar-refractivity contribution in [1.82, 2.24) is 0 Å². The van der Waals surface area contributed by atoms with Gasteiger partial charge in [0.1, 0.15) is 11.9 Å². The van der Waals surface area contributed by atoms with Crippen molar-refractivity contribution in [2.24, 2.45) is 5.73 Å². The fourth-order valence-electron chi connectivity index (χ4n) is 2.42. The van der Waals surface area contributed by atoms with Crippen LogP contribution in [-0.4, -0.2) is 6.04 Å². The zero-order chi connectivity index (χ0) is 15.6. The molecule has 2 nitrogen and oxygen atoms in total. The summed E-state index contributed by atoms with van der Waals surface area (Å²) in [6.45, 7) is 8.18. The number of benzene rings is 2. The van der Waals surface area contributed by atoms with Crippen molar-refractivity contribution in [3.63, 3.8) is 0 Å². The predicted molar refractivity (Wildman–Crippen MR) is 89.1 cm³/mol. The van der Waals surface area contributed by atoms with E-state index >= 15 is 0 Å². The van der Waals surface area contributed by atoms with Crippen LogP contribution >= 0.6 is 11.6 Å². The molecule has 0 spiro atoms. The van der Waals surface area contributed by atoms with Crippen molar-refractivity contribution in [1.29, 1.82) is 0 Å². The van der Waals surface area contributed by atoms with Gasteiger partial charge in [0, 0.05) is 11.1 Å². The van der Waals surface area contributed by atoms with Gasteiger partial charge < -0.3 is 10.5 Å². The Labute approximate surface area is 131 Å². The molecule has 0 aromatic heterocycles. The van der Waals surface area contributed by atoms with Gasteiger partial charge in [-0.15, -0.1) is 0 Å². The third kappa shape index (κ3) is 3.78. The molecule has 2 unspecified atom stereocenters. The third-order valence-electron chi connectivity index (χ3n) is 3.67. The highest BCUT2D eigenvalue weighted by Gasteiger charge is 2.20. The molecule has 2 N–H and O–H groups in total. The molecule has 2 rings (SSSR count). The Morgan fingerprint density at radius 1 is 1.10 bits per heavy atom. The SMILES string of the molecule is Cc1cc(C)c(C)c(OC(c2cccc(Cl)c2)C(C)N)c1. The maximum Gasteiger partial charge on any atom is 0.139 e. The summed E-state index contributed by atoms with van der Waals surface area (Å²) in [4.78, 5) is 0. The number of halogens is 1. The second-order valence-electron chi connectivity index (χ2n) is 5.66. The topological polar surface area (TPSA) is 35.2 Å². The van der Waals surface area contributed by atoms with E-state index in [1.165, 1.54) is 11.1 Å². The van der Waals surface area contributed by atoms with E-state index in [9.17, 15) is 0 Å². The largest absolute Gasteiger partial charge is 0.484 e. The van der Waals surface area contributed by atoms with E-state index in [1.54, 1.807) is 0 Å². The van der Waals surface area contributed by atoms with E-state index in [0.29, 0.717) is 5.02 Å². The molecule has 0 aliphatic heterocycles. The molecule has 0 saturated heterocycles. The monoisotopic (exact) mass is 303 g/mol. The summed E-state index contributed by atoms with van der Waals surface area (Å²) in [5.74, 6) is 0.884. The predicted octanol–water partition coefficient (Wildman–Crippen LogP) is 4.73. The van der Waals surface area contributed by atoms with Crippen molar-refractivity contribution < 1.29 is 4.74 Å². The van der Waals surface area contributed by atoms with E-state index in [2.05, 4.69) is 32.9 Å². The quantitative estimate of drug-likeness (QED) is 0.886. The molecule has 21 heavy (non-hydrogen) atoms. The lowest BCUT2D eigenvalue weighted by Crippen LogP contribution is -2.29. The fraction of sp³-hybridized carbons (Fsp3) is 0.333. The summed E-state index contributed by atoms with van der Waals surface area (Å²) < 4.78 is 6.23. The molecule has 0 radical (unpaired) electrons. The van der Waals surface area contributed by atoms with Crippen LogP contribution in [0, 0.1) is 20.8 Å². The molecule has 112 valence electrons. The summed E-state index contributed by atoms with van der Waals surface area (Å²) >= 11 is 6.08. The smallest absolute Gasteiger partial charge is 0.139 e. The molecule has 0 bridgehead atoms. The van der Waals surface area contributed by atoms with E-state index in [0.717, 1.165) is 16.9 Å². The number of hydrogen-bond acceptors (Lipinski definition) is 2. The van der Waals surface area contributed by atoms with Gasteiger partial charge in [0.15, 0.2) is 0 Å². The second-order valence-corrected chi connectivity index (χ2v) is 6.09. The molecule has 2 atom stereocenters.